The van der Waals surface area contributed by atoms with Gasteiger partial charge in [-0.2, -0.15) is 0 Å². The van der Waals surface area contributed by atoms with Gasteiger partial charge in [-0.05, 0) is 75.3 Å². The molecule has 4 saturated heterocycles. The number of nitrogens with one attached hydrogen (secondary N) is 1. The van der Waals surface area contributed by atoms with Gasteiger partial charge in [0.25, 0.3) is 5.91 Å². The lowest BCUT2D eigenvalue weighted by atomic mass is 9.59. The Labute approximate surface area is 204 Å². The molecule has 1 N–H and O–H groups in total. The average molecular weight is 485 g/mol. The van der Waals surface area contributed by atoms with Crippen LogP contribution >= 0.6 is 11.6 Å². The van der Waals surface area contributed by atoms with Crippen LogP contribution in [-0.4, -0.2) is 34.2 Å². The van der Waals surface area contributed by atoms with Gasteiger partial charge < -0.3 is 14.8 Å². The molecule has 34 heavy (non-hydrogen) atoms. The Kier molecular flexibility index (Phi) is 5.10. The standard InChI is InChI=1S/C26H29ClN2O5/c1-15-7-10-21-25(3,32-23-26(21)18(15)11-12-24(2,31-23)33-34-26)22(30)29-16-8-9-19(27)17(14-16)20-6-4-5-13-28-20/h4-6,8-9,13-15,18,21,23H,7,10-12H2,1-3H3,(H,29,30). The van der Waals surface area contributed by atoms with Crippen molar-refractivity contribution in [1.29, 1.82) is 0 Å². The minimum atomic E-state index is -1.14. The molecule has 1 aromatic carbocycles. The smallest absolute Gasteiger partial charge is 0.256 e. The van der Waals surface area contributed by atoms with Gasteiger partial charge in [0.05, 0.1) is 10.7 Å². The van der Waals surface area contributed by atoms with Crippen LogP contribution in [0.1, 0.15) is 46.5 Å². The minimum absolute atomic E-state index is 0.196. The highest BCUT2D eigenvalue weighted by Crippen LogP contribution is 2.63. The lowest BCUT2D eigenvalue weighted by Crippen LogP contribution is -2.62. The van der Waals surface area contributed by atoms with E-state index in [1.165, 1.54) is 0 Å². The monoisotopic (exact) mass is 484 g/mol. The van der Waals surface area contributed by atoms with Crippen molar-refractivity contribution in [1.82, 2.24) is 4.98 Å². The summed E-state index contributed by atoms with van der Waals surface area (Å²) in [5.41, 5.74) is 0.180. The van der Waals surface area contributed by atoms with E-state index in [1.807, 2.05) is 38.1 Å². The van der Waals surface area contributed by atoms with Crippen LogP contribution in [0.5, 0.6) is 0 Å². The topological polar surface area (TPSA) is 78.9 Å². The van der Waals surface area contributed by atoms with Gasteiger partial charge in [0, 0.05) is 29.8 Å². The van der Waals surface area contributed by atoms with Crippen LogP contribution in [0.2, 0.25) is 5.02 Å². The van der Waals surface area contributed by atoms with E-state index in [1.54, 1.807) is 18.3 Å². The fourth-order valence-corrected chi connectivity index (χ4v) is 6.71. The van der Waals surface area contributed by atoms with Crippen molar-refractivity contribution in [3.63, 3.8) is 0 Å². The summed E-state index contributed by atoms with van der Waals surface area (Å²) in [4.78, 5) is 30.2. The summed E-state index contributed by atoms with van der Waals surface area (Å²) in [5, 5.41) is 3.63. The molecule has 2 bridgehead atoms. The number of carbonyl (C=O) groups excluding carboxylic acids is 1. The Bertz CT molecular complexity index is 1130. The van der Waals surface area contributed by atoms with Crippen LogP contribution in [0.25, 0.3) is 11.3 Å². The quantitative estimate of drug-likeness (QED) is 0.592. The molecule has 180 valence electrons. The second-order valence-electron chi connectivity index (χ2n) is 10.4. The number of carbonyl (C=O) groups is 1. The number of nitrogens with zero attached hydrogens (tertiary/aromatic N) is 1. The van der Waals surface area contributed by atoms with E-state index in [-0.39, 0.29) is 17.7 Å². The Balaban J connectivity index is 1.33. The maximum Gasteiger partial charge on any atom is 0.256 e. The highest BCUT2D eigenvalue weighted by molar-refractivity contribution is 6.33. The van der Waals surface area contributed by atoms with E-state index >= 15 is 0 Å². The normalized spacial score (nSPS) is 40.5. The molecule has 5 aliphatic rings. The largest absolute Gasteiger partial charge is 0.333 e. The highest BCUT2D eigenvalue weighted by atomic mass is 35.5. The van der Waals surface area contributed by atoms with E-state index in [0.29, 0.717) is 16.6 Å². The van der Waals surface area contributed by atoms with Gasteiger partial charge in [-0.25, -0.2) is 9.78 Å². The van der Waals surface area contributed by atoms with Crippen LogP contribution in [0.3, 0.4) is 0 Å². The molecule has 7 unspecified atom stereocenters. The molecule has 7 nitrogen and oxygen atoms in total. The van der Waals surface area contributed by atoms with Gasteiger partial charge >= 0.3 is 0 Å². The van der Waals surface area contributed by atoms with Crippen molar-refractivity contribution >= 4 is 23.2 Å². The number of halogens is 1. The molecule has 1 aromatic heterocycles. The van der Waals surface area contributed by atoms with E-state index in [9.17, 15) is 4.79 Å². The zero-order chi connectivity index (χ0) is 23.7. The first kappa shape index (κ1) is 22.4. The number of amides is 1. The van der Waals surface area contributed by atoms with Gasteiger partial charge in [0.1, 0.15) is 0 Å². The van der Waals surface area contributed by atoms with Gasteiger partial charge in [0.2, 0.25) is 5.79 Å². The van der Waals surface area contributed by atoms with E-state index in [4.69, 9.17) is 30.8 Å². The number of benzene rings is 1. The van der Waals surface area contributed by atoms with Crippen LogP contribution < -0.4 is 5.32 Å². The van der Waals surface area contributed by atoms with Crippen LogP contribution in [0.4, 0.5) is 5.69 Å². The molecule has 1 aliphatic carbocycles. The van der Waals surface area contributed by atoms with Crippen LogP contribution in [0, 0.1) is 17.8 Å². The first-order chi connectivity index (χ1) is 16.3. The predicted molar refractivity (Wildman–Crippen MR) is 126 cm³/mol. The fraction of sp³-hybridized carbons (Fsp3) is 0.538. The first-order valence-electron chi connectivity index (χ1n) is 12.0. The van der Waals surface area contributed by atoms with E-state index in [0.717, 1.165) is 36.9 Å². The molecule has 5 fully saturated rings. The summed E-state index contributed by atoms with van der Waals surface area (Å²) in [7, 11) is 0. The molecule has 0 radical (unpaired) electrons. The molecule has 5 heterocycles. The Morgan fingerprint density at radius 2 is 1.97 bits per heavy atom. The molecular formula is C26H29ClN2O5. The average Bonchev–Trinajstić information content (AvgIpc) is 2.91. The second kappa shape index (κ2) is 7.73. The minimum Gasteiger partial charge on any atom is -0.333 e. The SMILES string of the molecule is CC1CCC2C(C)(C(=O)Nc3ccc(Cl)c(-c4ccccn4)c3)OC3OC4(C)CCC1C32OO4. The van der Waals surface area contributed by atoms with Crippen molar-refractivity contribution in [2.24, 2.45) is 17.8 Å². The van der Waals surface area contributed by atoms with Gasteiger partial charge in [0.15, 0.2) is 17.5 Å². The van der Waals surface area contributed by atoms with Crippen LogP contribution in [0.15, 0.2) is 42.6 Å². The van der Waals surface area contributed by atoms with Gasteiger partial charge in [-0.1, -0.05) is 24.6 Å². The predicted octanol–water partition coefficient (Wildman–Crippen LogP) is 5.35. The lowest BCUT2D eigenvalue weighted by molar-refractivity contribution is -0.541. The molecule has 7 atom stereocenters. The van der Waals surface area contributed by atoms with E-state index in [2.05, 4.69) is 17.2 Å². The summed E-state index contributed by atoms with van der Waals surface area (Å²) in [5.74, 6) is -0.675. The van der Waals surface area contributed by atoms with Crippen molar-refractivity contribution in [2.75, 3.05) is 5.32 Å². The summed E-state index contributed by atoms with van der Waals surface area (Å²) in [6.07, 6.45) is 4.50. The summed E-state index contributed by atoms with van der Waals surface area (Å²) < 4.78 is 12.8. The number of pyridine rings is 1. The molecule has 1 amide bonds. The van der Waals surface area contributed by atoms with Crippen molar-refractivity contribution in [3.05, 3.63) is 47.6 Å². The summed E-state index contributed by atoms with van der Waals surface area (Å²) >= 11 is 6.43. The Morgan fingerprint density at radius 3 is 2.76 bits per heavy atom. The third-order valence-corrected chi connectivity index (χ3v) is 8.68. The number of ether oxygens (including phenoxy) is 2. The number of hydrogen-bond acceptors (Lipinski definition) is 6. The molecule has 1 saturated carbocycles. The molecule has 8 heteroatoms. The third-order valence-electron chi connectivity index (χ3n) is 8.35. The molecule has 4 aliphatic heterocycles. The maximum atomic E-state index is 13.8. The molecular weight excluding hydrogens is 456 g/mol. The van der Waals surface area contributed by atoms with Crippen molar-refractivity contribution in [2.45, 2.75) is 69.7 Å². The summed E-state index contributed by atoms with van der Waals surface area (Å²) in [6.45, 7) is 5.98. The third kappa shape index (κ3) is 3.18. The Morgan fingerprint density at radius 1 is 1.12 bits per heavy atom. The zero-order valence-electron chi connectivity index (χ0n) is 19.5. The lowest BCUT2D eigenvalue weighted by Gasteiger charge is -2.50. The zero-order valence-corrected chi connectivity index (χ0v) is 20.3. The molecule has 7 rings (SSSR count). The number of hydrogen-bond donors (Lipinski definition) is 1. The highest BCUT2D eigenvalue weighted by Gasteiger charge is 2.75. The second-order valence-corrected chi connectivity index (χ2v) is 10.9. The van der Waals surface area contributed by atoms with Crippen molar-refractivity contribution < 1.29 is 24.0 Å². The Hall–Kier alpha value is -2.03. The number of anilines is 1. The van der Waals surface area contributed by atoms with Gasteiger partial charge in [-0.15, -0.1) is 0 Å². The van der Waals surface area contributed by atoms with Crippen molar-refractivity contribution in [3.8, 4) is 11.3 Å². The number of aromatic nitrogens is 1. The maximum absolute atomic E-state index is 13.8. The first-order valence-corrected chi connectivity index (χ1v) is 12.4. The van der Waals surface area contributed by atoms with Gasteiger partial charge in [-0.3, -0.25) is 9.78 Å². The number of fused-ring (bicyclic) bond motifs is 2. The fourth-order valence-electron chi connectivity index (χ4n) is 6.50. The van der Waals surface area contributed by atoms with E-state index < -0.39 is 23.3 Å². The molecule has 2 aromatic rings. The summed E-state index contributed by atoms with van der Waals surface area (Å²) in [6, 6.07) is 11.0. The number of rotatable bonds is 3. The van der Waals surface area contributed by atoms with Crippen LogP contribution in [-0.2, 0) is 24.0 Å². The molecule has 1 spiro atoms.